The molecule has 3 unspecified atom stereocenters. The molecule has 3 aliphatic rings. The third kappa shape index (κ3) is 5.17. The van der Waals surface area contributed by atoms with Gasteiger partial charge < -0.3 is 9.47 Å². The average molecular weight is 513 g/mol. The molecule has 3 atom stereocenters. The van der Waals surface area contributed by atoms with Crippen molar-refractivity contribution in [3.63, 3.8) is 0 Å². The van der Waals surface area contributed by atoms with E-state index in [2.05, 4.69) is 13.8 Å². The molecule has 0 radical (unpaired) electrons. The van der Waals surface area contributed by atoms with Crippen molar-refractivity contribution in [2.45, 2.75) is 136 Å². The van der Waals surface area contributed by atoms with Gasteiger partial charge in [-0.2, -0.15) is 0 Å². The molecule has 3 rings (SSSR count). The fourth-order valence-corrected chi connectivity index (χ4v) is 9.78. The number of hydrogen-bond donors (Lipinski definition) is 0. The predicted molar refractivity (Wildman–Crippen MR) is 138 cm³/mol. The number of ether oxygens (including phenoxy) is 2. The van der Waals surface area contributed by atoms with Crippen LogP contribution in [0.4, 0.5) is 0 Å². The highest BCUT2D eigenvalue weighted by Gasteiger charge is 2.74. The van der Waals surface area contributed by atoms with Crippen LogP contribution in [0.3, 0.4) is 0 Å². The molecule has 0 aromatic heterocycles. The lowest BCUT2D eigenvalue weighted by Gasteiger charge is -2.50. The van der Waals surface area contributed by atoms with Crippen molar-refractivity contribution in [3.05, 3.63) is 0 Å². The van der Waals surface area contributed by atoms with E-state index in [4.69, 9.17) is 9.47 Å². The Morgan fingerprint density at radius 3 is 2.09 bits per heavy atom. The van der Waals surface area contributed by atoms with Gasteiger partial charge in [0.25, 0.3) is 0 Å². The normalized spacial score (nSPS) is 31.4. The summed E-state index contributed by atoms with van der Waals surface area (Å²) < 4.78 is 39.9. The van der Waals surface area contributed by atoms with Gasteiger partial charge in [0, 0.05) is 5.41 Å². The molecule has 0 N–H and O–H groups in total. The van der Waals surface area contributed by atoms with E-state index < -0.39 is 37.8 Å². The summed E-state index contributed by atoms with van der Waals surface area (Å²) in [7, 11) is -3.44. The third-order valence-corrected chi connectivity index (χ3v) is 12.1. The lowest BCUT2D eigenvalue weighted by molar-refractivity contribution is -0.196. The zero-order valence-corrected chi connectivity index (χ0v) is 24.1. The standard InChI is InChI=1S/C28H48O6S/c1-9-25(5,6)23(30)34-28(18-22(29)33-24(2,3)4)17-20-15-16-27(28,26(20,7)8)19-35(31,32)21-13-11-10-12-14-21/h20-21H,9-19H2,1-8H3. The number of fused-ring (bicyclic) bond motifs is 2. The first kappa shape index (κ1) is 28.5. The number of hydrogen-bond acceptors (Lipinski definition) is 6. The number of carbonyl (C=O) groups excluding carboxylic acids is 2. The van der Waals surface area contributed by atoms with Gasteiger partial charge in [0.15, 0.2) is 9.84 Å². The van der Waals surface area contributed by atoms with Crippen LogP contribution in [0.2, 0.25) is 0 Å². The average Bonchev–Trinajstić information content (AvgIpc) is 3.06. The molecule has 3 aliphatic carbocycles. The highest BCUT2D eigenvalue weighted by molar-refractivity contribution is 7.92. The Balaban J connectivity index is 2.09. The second-order valence-corrected chi connectivity index (χ2v) is 16.0. The molecule has 0 aromatic rings. The van der Waals surface area contributed by atoms with Crippen LogP contribution in [0.15, 0.2) is 0 Å². The molecule has 0 aromatic carbocycles. The van der Waals surface area contributed by atoms with Gasteiger partial charge >= 0.3 is 11.9 Å². The maximum Gasteiger partial charge on any atom is 0.312 e. The number of sulfone groups is 1. The van der Waals surface area contributed by atoms with E-state index in [-0.39, 0.29) is 34.7 Å². The Morgan fingerprint density at radius 1 is 0.971 bits per heavy atom. The lowest BCUT2D eigenvalue weighted by atomic mass is 9.63. The maximum absolute atomic E-state index is 13.9. The SMILES string of the molecule is CCC(C)(C)C(=O)OC1(CC(=O)OC(C)(C)C)CC2CCC1(CS(=O)(=O)C1CCCCC1)C2(C)C. The van der Waals surface area contributed by atoms with Crippen molar-refractivity contribution in [1.29, 1.82) is 0 Å². The minimum atomic E-state index is -3.44. The molecule has 0 saturated heterocycles. The molecule has 2 bridgehead atoms. The fourth-order valence-electron chi connectivity index (χ4n) is 7.02. The van der Waals surface area contributed by atoms with Crippen LogP contribution in [-0.4, -0.2) is 42.6 Å². The van der Waals surface area contributed by atoms with Crippen molar-refractivity contribution < 1.29 is 27.5 Å². The smallest absolute Gasteiger partial charge is 0.312 e. The van der Waals surface area contributed by atoms with Crippen molar-refractivity contribution in [1.82, 2.24) is 0 Å². The van der Waals surface area contributed by atoms with Crippen LogP contribution in [0.1, 0.15) is 120 Å². The molecule has 202 valence electrons. The Kier molecular flexibility index (Phi) is 7.58. The van der Waals surface area contributed by atoms with E-state index in [1.54, 1.807) is 0 Å². The highest BCUT2D eigenvalue weighted by atomic mass is 32.2. The van der Waals surface area contributed by atoms with Crippen molar-refractivity contribution in [2.24, 2.45) is 22.2 Å². The highest BCUT2D eigenvalue weighted by Crippen LogP contribution is 2.72. The van der Waals surface area contributed by atoms with Crippen molar-refractivity contribution >= 4 is 21.8 Å². The first-order chi connectivity index (χ1) is 15.9. The summed E-state index contributed by atoms with van der Waals surface area (Å²) in [6, 6.07) is 0. The van der Waals surface area contributed by atoms with E-state index in [0.29, 0.717) is 32.1 Å². The topological polar surface area (TPSA) is 86.7 Å². The van der Waals surface area contributed by atoms with E-state index in [0.717, 1.165) is 25.7 Å². The van der Waals surface area contributed by atoms with Crippen LogP contribution < -0.4 is 0 Å². The van der Waals surface area contributed by atoms with Gasteiger partial charge in [-0.25, -0.2) is 8.42 Å². The largest absolute Gasteiger partial charge is 0.460 e. The van der Waals surface area contributed by atoms with Crippen LogP contribution >= 0.6 is 0 Å². The van der Waals surface area contributed by atoms with Gasteiger partial charge in [0.05, 0.1) is 22.8 Å². The molecule has 7 heteroatoms. The summed E-state index contributed by atoms with van der Waals surface area (Å²) in [4.78, 5) is 26.8. The van der Waals surface area contributed by atoms with Gasteiger partial charge in [-0.3, -0.25) is 9.59 Å². The van der Waals surface area contributed by atoms with Crippen LogP contribution in [0.25, 0.3) is 0 Å². The monoisotopic (exact) mass is 512 g/mol. The summed E-state index contributed by atoms with van der Waals surface area (Å²) >= 11 is 0. The van der Waals surface area contributed by atoms with E-state index in [9.17, 15) is 18.0 Å². The van der Waals surface area contributed by atoms with Crippen molar-refractivity contribution in [3.8, 4) is 0 Å². The van der Waals surface area contributed by atoms with Gasteiger partial charge in [0.2, 0.25) is 0 Å². The number of carbonyl (C=O) groups is 2. The minimum Gasteiger partial charge on any atom is -0.460 e. The molecule has 0 heterocycles. The summed E-state index contributed by atoms with van der Waals surface area (Å²) in [6.45, 7) is 15.3. The molecular weight excluding hydrogens is 464 g/mol. The second kappa shape index (κ2) is 9.33. The molecular formula is C28H48O6S. The summed E-state index contributed by atoms with van der Waals surface area (Å²) in [5, 5.41) is -0.344. The summed E-state index contributed by atoms with van der Waals surface area (Å²) in [5.41, 5.74) is -3.80. The Morgan fingerprint density at radius 2 is 1.57 bits per heavy atom. The van der Waals surface area contributed by atoms with E-state index in [1.807, 2.05) is 41.5 Å². The summed E-state index contributed by atoms with van der Waals surface area (Å²) in [6.07, 6.45) is 6.87. The van der Waals surface area contributed by atoms with Gasteiger partial charge in [0.1, 0.15) is 11.2 Å². The molecule has 3 saturated carbocycles. The molecule has 0 spiro atoms. The molecule has 35 heavy (non-hydrogen) atoms. The Bertz CT molecular complexity index is 922. The third-order valence-electron chi connectivity index (χ3n) is 9.70. The fraction of sp³-hybridized carbons (Fsp3) is 0.929. The van der Waals surface area contributed by atoms with Crippen LogP contribution in [0, 0.1) is 22.2 Å². The molecule has 0 amide bonds. The van der Waals surface area contributed by atoms with Crippen LogP contribution in [0.5, 0.6) is 0 Å². The molecule has 0 aliphatic heterocycles. The zero-order valence-electron chi connectivity index (χ0n) is 23.3. The Labute approximate surface area is 213 Å². The quantitative estimate of drug-likeness (QED) is 0.370. The summed E-state index contributed by atoms with van der Waals surface area (Å²) in [5.74, 6) is -0.639. The molecule has 6 nitrogen and oxygen atoms in total. The maximum atomic E-state index is 13.9. The predicted octanol–water partition coefficient (Wildman–Crippen LogP) is 6.01. The minimum absolute atomic E-state index is 0.0310. The van der Waals surface area contributed by atoms with Crippen molar-refractivity contribution in [2.75, 3.05) is 5.75 Å². The molecule has 3 fully saturated rings. The first-order valence-electron chi connectivity index (χ1n) is 13.6. The first-order valence-corrected chi connectivity index (χ1v) is 15.3. The zero-order chi connectivity index (χ0) is 26.5. The Hall–Kier alpha value is -1.11. The van der Waals surface area contributed by atoms with Crippen LogP contribution in [-0.2, 0) is 28.9 Å². The number of esters is 2. The van der Waals surface area contributed by atoms with E-state index >= 15 is 0 Å². The van der Waals surface area contributed by atoms with Gasteiger partial charge in [-0.15, -0.1) is 0 Å². The second-order valence-electron chi connectivity index (χ2n) is 13.7. The van der Waals surface area contributed by atoms with E-state index in [1.165, 1.54) is 0 Å². The number of rotatable bonds is 8. The van der Waals surface area contributed by atoms with Gasteiger partial charge in [-0.1, -0.05) is 40.0 Å². The lowest BCUT2D eigenvalue weighted by Crippen LogP contribution is -2.58. The van der Waals surface area contributed by atoms with Gasteiger partial charge in [-0.05, 0) is 84.5 Å².